The van der Waals surface area contributed by atoms with Crippen molar-refractivity contribution in [1.29, 1.82) is 5.26 Å². The van der Waals surface area contributed by atoms with Gasteiger partial charge in [0.25, 0.3) is 5.91 Å². The van der Waals surface area contributed by atoms with E-state index in [4.69, 9.17) is 22.6 Å². The summed E-state index contributed by atoms with van der Waals surface area (Å²) in [5.41, 5.74) is 7.11. The molecule has 0 fully saturated rings. The van der Waals surface area contributed by atoms with Crippen LogP contribution in [0, 0.1) is 11.3 Å². The number of amides is 1. The van der Waals surface area contributed by atoms with Crippen LogP contribution in [0.15, 0.2) is 30.5 Å². The molecule has 0 atom stereocenters. The fourth-order valence-electron chi connectivity index (χ4n) is 2.39. The number of thiophene rings is 1. The van der Waals surface area contributed by atoms with E-state index in [9.17, 15) is 9.90 Å². The van der Waals surface area contributed by atoms with Crippen LogP contribution in [0.1, 0.15) is 26.4 Å². The summed E-state index contributed by atoms with van der Waals surface area (Å²) >= 11 is 6.96. The number of pyridine rings is 1. The topological polar surface area (TPSA) is 100 Å². The normalized spacial score (nSPS) is 10.6. The Morgan fingerprint density at radius 1 is 1.39 bits per heavy atom. The number of aromatic hydroxyl groups is 1. The molecular weight excluding hydrogens is 334 g/mol. The minimum atomic E-state index is -0.632. The summed E-state index contributed by atoms with van der Waals surface area (Å²) in [4.78, 5) is 16.5. The lowest BCUT2D eigenvalue weighted by Gasteiger charge is -2.09. The number of carbonyl (C=O) groups excluding carboxylic acids is 1. The van der Waals surface area contributed by atoms with Crippen LogP contribution in [-0.2, 0) is 6.42 Å². The average molecular weight is 344 g/mol. The maximum atomic E-state index is 11.7. The number of aromatic nitrogens is 1. The predicted octanol–water partition coefficient (Wildman–Crippen LogP) is 3.22. The van der Waals surface area contributed by atoms with E-state index in [1.807, 2.05) is 18.2 Å². The highest BCUT2D eigenvalue weighted by Gasteiger charge is 2.21. The Morgan fingerprint density at radius 3 is 2.70 bits per heavy atom. The number of hydrogen-bond acceptors (Lipinski definition) is 5. The van der Waals surface area contributed by atoms with Crippen LogP contribution in [0.4, 0.5) is 0 Å². The number of nitrogens with zero attached hydrogens (tertiary/aromatic N) is 2. The summed E-state index contributed by atoms with van der Waals surface area (Å²) in [6.45, 7) is 0. The molecule has 1 amide bonds. The zero-order valence-corrected chi connectivity index (χ0v) is 13.3. The molecule has 0 aliphatic rings. The molecule has 2 heterocycles. The molecule has 3 aromatic rings. The first-order valence-corrected chi connectivity index (χ1v) is 7.78. The van der Waals surface area contributed by atoms with Gasteiger partial charge in [-0.15, -0.1) is 11.3 Å². The lowest BCUT2D eigenvalue weighted by Crippen LogP contribution is -2.14. The van der Waals surface area contributed by atoms with E-state index in [-0.39, 0.29) is 16.2 Å². The van der Waals surface area contributed by atoms with Crippen molar-refractivity contribution in [1.82, 2.24) is 4.98 Å². The number of primary amides is 1. The molecule has 5 nitrogen and oxygen atoms in total. The molecule has 0 aliphatic carbocycles. The molecule has 0 unspecified atom stereocenters. The lowest BCUT2D eigenvalue weighted by atomic mass is 9.98. The van der Waals surface area contributed by atoms with Crippen molar-refractivity contribution in [3.63, 3.8) is 0 Å². The molecule has 2 aromatic heterocycles. The molecule has 1 aromatic carbocycles. The molecule has 3 N–H and O–H groups in total. The van der Waals surface area contributed by atoms with Crippen molar-refractivity contribution in [2.75, 3.05) is 0 Å². The summed E-state index contributed by atoms with van der Waals surface area (Å²) in [5, 5.41) is 20.4. The molecule has 0 radical (unpaired) electrons. The summed E-state index contributed by atoms with van der Waals surface area (Å²) < 4.78 is 0. The summed E-state index contributed by atoms with van der Waals surface area (Å²) in [5.74, 6) is -0.792. The minimum absolute atomic E-state index is 0.159. The number of rotatable bonds is 3. The van der Waals surface area contributed by atoms with Gasteiger partial charge in [-0.25, -0.2) is 4.98 Å². The maximum Gasteiger partial charge on any atom is 0.250 e. The fraction of sp³-hybridized carbons (Fsp3) is 0.0625. The SMILES string of the molecule is N#Cc1sc2ncc(C(N)=O)c(Cc3ccc(Cl)cc3)c2c1O. The van der Waals surface area contributed by atoms with Crippen molar-refractivity contribution >= 4 is 39.1 Å². The number of nitrogens with two attached hydrogens (primary N) is 1. The highest BCUT2D eigenvalue weighted by atomic mass is 35.5. The van der Waals surface area contributed by atoms with E-state index in [2.05, 4.69) is 4.98 Å². The van der Waals surface area contributed by atoms with Crippen LogP contribution in [0.25, 0.3) is 10.2 Å². The van der Waals surface area contributed by atoms with Crippen molar-refractivity contribution in [2.45, 2.75) is 6.42 Å². The first kappa shape index (κ1) is 15.3. The Labute approximate surface area is 140 Å². The van der Waals surface area contributed by atoms with Gasteiger partial charge in [0, 0.05) is 11.2 Å². The Bertz CT molecular complexity index is 958. The number of carbonyl (C=O) groups is 1. The molecule has 0 saturated heterocycles. The van der Waals surface area contributed by atoms with Gasteiger partial charge in [0.1, 0.15) is 15.8 Å². The second-order valence-corrected chi connectivity index (χ2v) is 6.33. The third-order valence-corrected chi connectivity index (χ3v) is 4.71. The summed E-state index contributed by atoms with van der Waals surface area (Å²) in [6.07, 6.45) is 1.75. The Kier molecular flexibility index (Phi) is 3.90. The van der Waals surface area contributed by atoms with Gasteiger partial charge in [0.05, 0.1) is 10.9 Å². The Hall–Kier alpha value is -2.62. The Balaban J connectivity index is 2.24. The van der Waals surface area contributed by atoms with E-state index >= 15 is 0 Å². The van der Waals surface area contributed by atoms with Gasteiger partial charge < -0.3 is 10.8 Å². The summed E-state index contributed by atoms with van der Waals surface area (Å²) in [6, 6.07) is 9.07. The number of hydrogen-bond donors (Lipinski definition) is 2. The lowest BCUT2D eigenvalue weighted by molar-refractivity contribution is 0.0999. The van der Waals surface area contributed by atoms with E-state index in [1.165, 1.54) is 6.20 Å². The predicted molar refractivity (Wildman–Crippen MR) is 88.8 cm³/mol. The molecule has 0 aliphatic heterocycles. The number of halogens is 1. The average Bonchev–Trinajstić information content (AvgIpc) is 2.86. The smallest absolute Gasteiger partial charge is 0.250 e. The highest BCUT2D eigenvalue weighted by Crippen LogP contribution is 2.39. The fourth-order valence-corrected chi connectivity index (χ4v) is 3.38. The zero-order valence-electron chi connectivity index (χ0n) is 11.7. The van der Waals surface area contributed by atoms with Crippen LogP contribution in [0.3, 0.4) is 0 Å². The molecule has 0 saturated carbocycles. The van der Waals surface area contributed by atoms with E-state index in [0.29, 0.717) is 27.2 Å². The van der Waals surface area contributed by atoms with Crippen molar-refractivity contribution < 1.29 is 9.90 Å². The second-order valence-electron chi connectivity index (χ2n) is 4.89. The molecule has 23 heavy (non-hydrogen) atoms. The van der Waals surface area contributed by atoms with Gasteiger partial charge in [-0.1, -0.05) is 23.7 Å². The van der Waals surface area contributed by atoms with Crippen LogP contribution in [0.5, 0.6) is 5.75 Å². The largest absolute Gasteiger partial charge is 0.505 e. The molecule has 0 bridgehead atoms. The second kappa shape index (κ2) is 5.88. The van der Waals surface area contributed by atoms with Gasteiger partial charge in [-0.3, -0.25) is 4.79 Å². The van der Waals surface area contributed by atoms with Gasteiger partial charge in [0.15, 0.2) is 5.75 Å². The maximum absolute atomic E-state index is 11.7. The highest BCUT2D eigenvalue weighted by molar-refractivity contribution is 7.19. The molecule has 7 heteroatoms. The van der Waals surface area contributed by atoms with Gasteiger partial charge in [-0.2, -0.15) is 5.26 Å². The van der Waals surface area contributed by atoms with Crippen LogP contribution in [0.2, 0.25) is 5.02 Å². The minimum Gasteiger partial charge on any atom is -0.505 e. The first-order valence-electron chi connectivity index (χ1n) is 6.59. The van der Waals surface area contributed by atoms with Gasteiger partial charge in [-0.05, 0) is 29.7 Å². The number of fused-ring (bicyclic) bond motifs is 1. The van der Waals surface area contributed by atoms with Crippen LogP contribution in [-0.4, -0.2) is 16.0 Å². The quantitative estimate of drug-likeness (QED) is 0.762. The first-order chi connectivity index (χ1) is 11.0. The Morgan fingerprint density at radius 2 is 2.09 bits per heavy atom. The molecular formula is C16H10ClN3O2S. The standard InChI is InChI=1S/C16H10ClN3O2S/c17-9-3-1-8(2-4-9)5-10-11(15(19)22)7-20-16-13(10)14(21)12(6-18)23-16/h1-4,7,21H,5H2,(H2,19,22). The van der Waals surface area contributed by atoms with Gasteiger partial charge >= 0.3 is 0 Å². The third kappa shape index (κ3) is 2.72. The number of nitriles is 1. The van der Waals surface area contributed by atoms with Gasteiger partial charge in [0.2, 0.25) is 0 Å². The monoisotopic (exact) mass is 343 g/mol. The van der Waals surface area contributed by atoms with Crippen molar-refractivity contribution in [3.8, 4) is 11.8 Å². The van der Waals surface area contributed by atoms with Crippen molar-refractivity contribution in [3.05, 3.63) is 57.1 Å². The van der Waals surface area contributed by atoms with Crippen LogP contribution >= 0.6 is 22.9 Å². The van der Waals surface area contributed by atoms with E-state index in [1.54, 1.807) is 12.1 Å². The van der Waals surface area contributed by atoms with Crippen molar-refractivity contribution in [2.24, 2.45) is 5.73 Å². The molecule has 114 valence electrons. The third-order valence-electron chi connectivity index (χ3n) is 3.46. The number of benzene rings is 1. The molecule has 0 spiro atoms. The molecule has 3 rings (SSSR count). The zero-order chi connectivity index (χ0) is 16.6. The van der Waals surface area contributed by atoms with E-state index in [0.717, 1.165) is 16.9 Å². The summed E-state index contributed by atoms with van der Waals surface area (Å²) in [7, 11) is 0. The van der Waals surface area contributed by atoms with E-state index < -0.39 is 5.91 Å². The van der Waals surface area contributed by atoms with Crippen LogP contribution < -0.4 is 5.73 Å².